The number of hydrogen-bond acceptors (Lipinski definition) is 4. The van der Waals surface area contributed by atoms with Crippen molar-refractivity contribution in [3.8, 4) is 0 Å². The van der Waals surface area contributed by atoms with E-state index in [2.05, 4.69) is 12.7 Å². The van der Waals surface area contributed by atoms with Gasteiger partial charge in [-0.25, -0.2) is 9.59 Å². The van der Waals surface area contributed by atoms with Crippen molar-refractivity contribution >= 4 is 11.9 Å². The number of carbonyl (C=O) groups is 2. The number of fused-ring (bicyclic) bond motifs is 1. The fourth-order valence-electron chi connectivity index (χ4n) is 2.16. The van der Waals surface area contributed by atoms with E-state index in [0.717, 1.165) is 12.8 Å². The summed E-state index contributed by atoms with van der Waals surface area (Å²) in [6, 6.07) is 0. The molecule has 0 bridgehead atoms. The van der Waals surface area contributed by atoms with Crippen LogP contribution >= 0.6 is 0 Å². The van der Waals surface area contributed by atoms with Crippen molar-refractivity contribution in [2.24, 2.45) is 5.92 Å². The van der Waals surface area contributed by atoms with E-state index in [4.69, 9.17) is 9.47 Å². The minimum atomic E-state index is -0.771. The quantitative estimate of drug-likeness (QED) is 0.416. The molecular weight excluding hydrogens is 220 g/mol. The van der Waals surface area contributed by atoms with E-state index >= 15 is 0 Å². The molecule has 4 heteroatoms. The van der Waals surface area contributed by atoms with E-state index in [0.29, 0.717) is 12.0 Å². The van der Waals surface area contributed by atoms with Crippen LogP contribution in [-0.4, -0.2) is 24.1 Å². The topological polar surface area (TPSA) is 52.6 Å². The van der Waals surface area contributed by atoms with Crippen molar-refractivity contribution in [1.82, 2.24) is 0 Å². The van der Waals surface area contributed by atoms with Gasteiger partial charge in [-0.1, -0.05) is 18.7 Å². The Bertz CT molecular complexity index is 383. The Kier molecular flexibility index (Phi) is 3.31. The van der Waals surface area contributed by atoms with Gasteiger partial charge in [0.2, 0.25) is 0 Å². The molecule has 3 atom stereocenters. The molecule has 0 aromatic rings. The molecule has 1 fully saturated rings. The van der Waals surface area contributed by atoms with Crippen molar-refractivity contribution in [3.05, 3.63) is 24.3 Å². The number of hydrogen-bond donors (Lipinski definition) is 0. The summed E-state index contributed by atoms with van der Waals surface area (Å²) >= 11 is 0. The van der Waals surface area contributed by atoms with E-state index in [1.807, 2.05) is 6.08 Å². The Hall–Kier alpha value is -1.58. The molecule has 17 heavy (non-hydrogen) atoms. The summed E-state index contributed by atoms with van der Waals surface area (Å²) in [5.74, 6) is -0.700. The molecule has 0 saturated carbocycles. The molecule has 0 aromatic heterocycles. The Morgan fingerprint density at radius 1 is 1.47 bits per heavy atom. The number of rotatable bonds is 2. The van der Waals surface area contributed by atoms with Crippen LogP contribution in [0.4, 0.5) is 0 Å². The number of ether oxygens (including phenoxy) is 2. The van der Waals surface area contributed by atoms with Crippen molar-refractivity contribution in [3.63, 3.8) is 0 Å². The van der Waals surface area contributed by atoms with E-state index in [-0.39, 0.29) is 12.0 Å². The molecule has 4 nitrogen and oxygen atoms in total. The Balaban J connectivity index is 2.00. The van der Waals surface area contributed by atoms with E-state index in [1.165, 1.54) is 0 Å². The second-order valence-corrected chi connectivity index (χ2v) is 4.59. The Labute approximate surface area is 100 Å². The monoisotopic (exact) mass is 236 g/mol. The van der Waals surface area contributed by atoms with Crippen molar-refractivity contribution in [2.45, 2.75) is 38.4 Å². The van der Waals surface area contributed by atoms with Crippen LogP contribution in [0.5, 0.6) is 0 Å². The zero-order valence-electron chi connectivity index (χ0n) is 9.85. The predicted molar refractivity (Wildman–Crippen MR) is 61.1 cm³/mol. The first-order chi connectivity index (χ1) is 8.08. The highest BCUT2D eigenvalue weighted by Gasteiger charge is 2.39. The maximum absolute atomic E-state index is 11.7. The third-order valence-corrected chi connectivity index (χ3v) is 3.14. The number of esters is 2. The lowest BCUT2D eigenvalue weighted by Gasteiger charge is -2.35. The number of carbonyl (C=O) groups excluding carboxylic acids is 2. The minimum absolute atomic E-state index is 0.0488. The third-order valence-electron chi connectivity index (χ3n) is 3.14. The summed E-state index contributed by atoms with van der Waals surface area (Å²) in [4.78, 5) is 23.0. The summed E-state index contributed by atoms with van der Waals surface area (Å²) in [6.45, 7) is 5.05. The second kappa shape index (κ2) is 4.73. The Morgan fingerprint density at radius 3 is 2.88 bits per heavy atom. The molecule has 0 spiro atoms. The van der Waals surface area contributed by atoms with Gasteiger partial charge in [-0.05, 0) is 13.3 Å². The SMILES string of the molecule is C=C(C)C(=O)OC1CC2CC=CCC2OC1=O. The van der Waals surface area contributed by atoms with Crippen LogP contribution in [0.2, 0.25) is 0 Å². The molecule has 2 aliphatic rings. The largest absolute Gasteiger partial charge is 0.459 e. The highest BCUT2D eigenvalue weighted by Crippen LogP contribution is 2.32. The van der Waals surface area contributed by atoms with Gasteiger partial charge in [0.05, 0.1) is 0 Å². The average molecular weight is 236 g/mol. The summed E-state index contributed by atoms with van der Waals surface area (Å²) in [5, 5.41) is 0. The number of allylic oxidation sites excluding steroid dienone is 1. The fraction of sp³-hybridized carbons (Fsp3) is 0.538. The maximum Gasteiger partial charge on any atom is 0.347 e. The molecule has 92 valence electrons. The lowest BCUT2D eigenvalue weighted by Crippen LogP contribution is -2.44. The Morgan fingerprint density at radius 2 is 2.18 bits per heavy atom. The van der Waals surface area contributed by atoms with E-state index < -0.39 is 18.0 Å². The molecule has 0 aromatic carbocycles. The van der Waals surface area contributed by atoms with Gasteiger partial charge in [0.25, 0.3) is 0 Å². The van der Waals surface area contributed by atoms with Gasteiger partial charge in [0, 0.05) is 24.3 Å². The van der Waals surface area contributed by atoms with Gasteiger partial charge >= 0.3 is 11.9 Å². The fourth-order valence-corrected chi connectivity index (χ4v) is 2.16. The van der Waals surface area contributed by atoms with Crippen LogP contribution in [0.1, 0.15) is 26.2 Å². The van der Waals surface area contributed by atoms with Crippen LogP contribution in [0, 0.1) is 5.92 Å². The van der Waals surface area contributed by atoms with Gasteiger partial charge in [-0.2, -0.15) is 0 Å². The zero-order chi connectivity index (χ0) is 12.4. The summed E-state index contributed by atoms with van der Waals surface area (Å²) in [7, 11) is 0. The van der Waals surface area contributed by atoms with Crippen molar-refractivity contribution in [1.29, 1.82) is 0 Å². The van der Waals surface area contributed by atoms with Crippen LogP contribution in [-0.2, 0) is 19.1 Å². The molecule has 0 amide bonds. The van der Waals surface area contributed by atoms with Gasteiger partial charge in [0.15, 0.2) is 6.10 Å². The molecular formula is C13H16O4. The van der Waals surface area contributed by atoms with Crippen LogP contribution < -0.4 is 0 Å². The zero-order valence-corrected chi connectivity index (χ0v) is 9.85. The van der Waals surface area contributed by atoms with Crippen LogP contribution in [0.15, 0.2) is 24.3 Å². The lowest BCUT2D eigenvalue weighted by molar-refractivity contribution is -0.182. The summed E-state index contributed by atoms with van der Waals surface area (Å²) in [5.41, 5.74) is 0.295. The normalized spacial score (nSPS) is 31.4. The highest BCUT2D eigenvalue weighted by molar-refractivity contribution is 5.89. The predicted octanol–water partition coefficient (Wildman–Crippen LogP) is 1.76. The van der Waals surface area contributed by atoms with E-state index in [1.54, 1.807) is 6.92 Å². The summed E-state index contributed by atoms with van der Waals surface area (Å²) in [6.07, 6.45) is 5.47. The van der Waals surface area contributed by atoms with Gasteiger partial charge in [-0.15, -0.1) is 0 Å². The molecule has 1 aliphatic carbocycles. The van der Waals surface area contributed by atoms with Crippen LogP contribution in [0.25, 0.3) is 0 Å². The minimum Gasteiger partial charge on any atom is -0.459 e. The lowest BCUT2D eigenvalue weighted by atomic mass is 9.84. The maximum atomic E-state index is 11.7. The standard InChI is InChI=1S/C13H16O4/c1-8(2)12(14)17-11-7-9-5-3-4-6-10(9)16-13(11)15/h3-4,9-11H,1,5-7H2,2H3. The molecule has 1 aliphatic heterocycles. The van der Waals surface area contributed by atoms with Gasteiger partial charge < -0.3 is 9.47 Å². The van der Waals surface area contributed by atoms with Crippen molar-refractivity contribution < 1.29 is 19.1 Å². The first-order valence-corrected chi connectivity index (χ1v) is 5.80. The molecule has 0 N–H and O–H groups in total. The second-order valence-electron chi connectivity index (χ2n) is 4.59. The average Bonchev–Trinajstić information content (AvgIpc) is 2.29. The van der Waals surface area contributed by atoms with Crippen LogP contribution in [0.3, 0.4) is 0 Å². The molecule has 1 heterocycles. The van der Waals surface area contributed by atoms with Gasteiger partial charge in [0.1, 0.15) is 6.10 Å². The first-order valence-electron chi connectivity index (χ1n) is 5.80. The van der Waals surface area contributed by atoms with Crippen molar-refractivity contribution in [2.75, 3.05) is 0 Å². The molecule has 3 unspecified atom stereocenters. The first kappa shape index (κ1) is 11.9. The molecule has 2 rings (SSSR count). The smallest absolute Gasteiger partial charge is 0.347 e. The van der Waals surface area contributed by atoms with E-state index in [9.17, 15) is 9.59 Å². The highest BCUT2D eigenvalue weighted by atomic mass is 16.6. The molecule has 0 radical (unpaired) electrons. The summed E-state index contributed by atoms with van der Waals surface area (Å²) < 4.78 is 10.4. The molecule has 1 saturated heterocycles. The third kappa shape index (κ3) is 2.57. The van der Waals surface area contributed by atoms with Gasteiger partial charge in [-0.3, -0.25) is 0 Å².